The van der Waals surface area contributed by atoms with Crippen LogP contribution < -0.4 is 0 Å². The fourth-order valence-corrected chi connectivity index (χ4v) is 7.16. The van der Waals surface area contributed by atoms with E-state index >= 15 is 0 Å². The SMILES string of the molecule is C=CC(=NC(C#CC(C)c1ccccc1)c1ccccc1)c1cc2ccccc2cc1-c1ccccc1.c1ccc2c(c1)ccc1[nH]c3ccccc3c12. The van der Waals surface area contributed by atoms with Crippen LogP contribution in [-0.2, 0) is 0 Å². The molecule has 0 amide bonds. The molecule has 9 rings (SSSR count). The zero-order valence-electron chi connectivity index (χ0n) is 30.3. The van der Waals surface area contributed by atoms with Crippen LogP contribution in [-0.4, -0.2) is 10.7 Å². The van der Waals surface area contributed by atoms with Gasteiger partial charge in [0, 0.05) is 33.3 Å². The summed E-state index contributed by atoms with van der Waals surface area (Å²) in [4.78, 5) is 8.69. The molecule has 2 heteroatoms. The van der Waals surface area contributed by atoms with Gasteiger partial charge in [-0.2, -0.15) is 0 Å². The highest BCUT2D eigenvalue weighted by Crippen LogP contribution is 2.33. The zero-order valence-corrected chi connectivity index (χ0v) is 30.3. The third-order valence-corrected chi connectivity index (χ3v) is 9.95. The first-order valence-electron chi connectivity index (χ1n) is 18.4. The highest BCUT2D eigenvalue weighted by Gasteiger charge is 2.15. The van der Waals surface area contributed by atoms with Gasteiger partial charge in [0.15, 0.2) is 0 Å². The Morgan fingerprint density at radius 2 is 1.13 bits per heavy atom. The van der Waals surface area contributed by atoms with E-state index < -0.39 is 0 Å². The van der Waals surface area contributed by atoms with Gasteiger partial charge in [-0.15, -0.1) is 0 Å². The van der Waals surface area contributed by atoms with Crippen LogP contribution in [0.3, 0.4) is 0 Å². The first-order chi connectivity index (χ1) is 26.7. The molecule has 8 aromatic carbocycles. The molecule has 0 aliphatic rings. The molecule has 1 heterocycles. The number of nitrogens with zero attached hydrogens (tertiary/aromatic N) is 1. The van der Waals surface area contributed by atoms with Crippen LogP contribution in [0.15, 0.2) is 206 Å². The highest BCUT2D eigenvalue weighted by atomic mass is 14.8. The molecule has 0 aliphatic heterocycles. The molecule has 1 N–H and O–H groups in total. The van der Waals surface area contributed by atoms with Crippen LogP contribution in [0.4, 0.5) is 0 Å². The Kier molecular flexibility index (Phi) is 9.96. The second kappa shape index (κ2) is 15.7. The molecule has 1 aromatic heterocycles. The lowest BCUT2D eigenvalue weighted by atomic mass is 9.92. The molecular formula is C52H40N2. The third-order valence-electron chi connectivity index (χ3n) is 9.95. The quantitative estimate of drug-likeness (QED) is 0.133. The van der Waals surface area contributed by atoms with Crippen molar-refractivity contribution < 1.29 is 0 Å². The molecular weight excluding hydrogens is 653 g/mol. The maximum absolute atomic E-state index is 5.22. The maximum atomic E-state index is 5.22. The van der Waals surface area contributed by atoms with Crippen molar-refractivity contribution in [1.82, 2.24) is 4.98 Å². The minimum atomic E-state index is -0.310. The molecule has 258 valence electrons. The van der Waals surface area contributed by atoms with E-state index in [0.29, 0.717) is 0 Å². The smallest absolute Gasteiger partial charge is 0.136 e. The van der Waals surface area contributed by atoms with Crippen LogP contribution in [0.1, 0.15) is 35.6 Å². The summed E-state index contributed by atoms with van der Waals surface area (Å²) in [5.74, 6) is 7.05. The summed E-state index contributed by atoms with van der Waals surface area (Å²) >= 11 is 0. The number of fused-ring (bicyclic) bond motifs is 6. The van der Waals surface area contributed by atoms with Crippen molar-refractivity contribution in [2.75, 3.05) is 0 Å². The topological polar surface area (TPSA) is 28.1 Å². The number of aromatic amines is 1. The van der Waals surface area contributed by atoms with Gasteiger partial charge in [-0.3, -0.25) is 4.99 Å². The summed E-state index contributed by atoms with van der Waals surface area (Å²) in [6.07, 6.45) is 1.86. The van der Waals surface area contributed by atoms with Crippen LogP contribution in [0.2, 0.25) is 0 Å². The van der Waals surface area contributed by atoms with Gasteiger partial charge in [0.2, 0.25) is 0 Å². The monoisotopic (exact) mass is 692 g/mol. The largest absolute Gasteiger partial charge is 0.354 e. The van der Waals surface area contributed by atoms with Crippen LogP contribution in [0, 0.1) is 11.8 Å². The summed E-state index contributed by atoms with van der Waals surface area (Å²) in [6.45, 7) is 6.30. The minimum absolute atomic E-state index is 0.107. The Balaban J connectivity index is 0.000000200. The van der Waals surface area contributed by atoms with E-state index in [4.69, 9.17) is 4.99 Å². The van der Waals surface area contributed by atoms with Gasteiger partial charge in [-0.25, -0.2) is 0 Å². The summed E-state index contributed by atoms with van der Waals surface area (Å²) in [5.41, 5.74) is 8.86. The van der Waals surface area contributed by atoms with E-state index in [-0.39, 0.29) is 12.0 Å². The predicted molar refractivity (Wildman–Crippen MR) is 231 cm³/mol. The summed E-state index contributed by atoms with van der Waals surface area (Å²) < 4.78 is 0. The van der Waals surface area contributed by atoms with E-state index in [9.17, 15) is 0 Å². The Morgan fingerprint density at radius 1 is 0.556 bits per heavy atom. The fraction of sp³-hybridized carbons (Fsp3) is 0.0577. The van der Waals surface area contributed by atoms with Gasteiger partial charge in [0.05, 0.1) is 5.71 Å². The maximum Gasteiger partial charge on any atom is 0.136 e. The van der Waals surface area contributed by atoms with Crippen molar-refractivity contribution in [2.45, 2.75) is 18.9 Å². The summed E-state index contributed by atoms with van der Waals surface area (Å²) in [6, 6.07) is 65.1. The number of hydrogen-bond acceptors (Lipinski definition) is 1. The molecule has 0 bridgehead atoms. The standard InChI is InChI=1S/C36H29N.C16H11N/c1-3-35(34-26-32-22-14-13-21-31(32)25-33(34)29-17-9-5-10-18-29)37-36(30-19-11-6-12-20-30)24-23-27(2)28-15-7-4-8-16-28;1-2-6-12-11(5-1)9-10-15-16(12)13-7-3-4-8-14(13)17-15/h3-22,25-27,36H,1H2,2H3;1-10,17H. The van der Waals surface area contributed by atoms with Gasteiger partial charge in [0.1, 0.15) is 6.04 Å². The Labute approximate surface area is 317 Å². The number of H-pyrrole nitrogens is 1. The van der Waals surface area contributed by atoms with E-state index in [1.165, 1.54) is 48.9 Å². The lowest BCUT2D eigenvalue weighted by Gasteiger charge is -2.15. The number of aliphatic imine (C=N–C) groups is 1. The molecule has 9 aromatic rings. The number of para-hydroxylation sites is 1. The van der Waals surface area contributed by atoms with E-state index in [2.05, 4.69) is 188 Å². The van der Waals surface area contributed by atoms with Gasteiger partial charge < -0.3 is 4.98 Å². The van der Waals surface area contributed by atoms with Crippen LogP contribution >= 0.6 is 0 Å². The van der Waals surface area contributed by atoms with Crippen molar-refractivity contribution >= 4 is 49.1 Å². The molecule has 0 saturated heterocycles. The van der Waals surface area contributed by atoms with Crippen molar-refractivity contribution in [3.8, 4) is 23.0 Å². The van der Waals surface area contributed by atoms with Gasteiger partial charge in [0.25, 0.3) is 0 Å². The first kappa shape index (κ1) is 34.2. The molecule has 0 aliphatic carbocycles. The minimum Gasteiger partial charge on any atom is -0.354 e. The lowest BCUT2D eigenvalue weighted by Crippen LogP contribution is -2.04. The average Bonchev–Trinajstić information content (AvgIpc) is 3.64. The van der Waals surface area contributed by atoms with E-state index in [1.807, 2.05) is 36.4 Å². The second-order valence-corrected chi connectivity index (χ2v) is 13.4. The molecule has 2 nitrogen and oxygen atoms in total. The fourth-order valence-electron chi connectivity index (χ4n) is 7.16. The molecule has 2 atom stereocenters. The number of rotatable bonds is 6. The molecule has 0 radical (unpaired) electrons. The highest BCUT2D eigenvalue weighted by molar-refractivity contribution is 6.20. The van der Waals surface area contributed by atoms with Crippen molar-refractivity contribution in [3.63, 3.8) is 0 Å². The number of benzene rings is 8. The molecule has 0 saturated carbocycles. The summed E-state index contributed by atoms with van der Waals surface area (Å²) in [5, 5.41) is 7.63. The Bertz CT molecular complexity index is 2790. The second-order valence-electron chi connectivity index (χ2n) is 13.4. The average molecular weight is 693 g/mol. The molecule has 0 fully saturated rings. The Morgan fingerprint density at radius 3 is 1.83 bits per heavy atom. The molecule has 54 heavy (non-hydrogen) atoms. The number of nitrogens with one attached hydrogen (secondary N) is 1. The van der Waals surface area contributed by atoms with Crippen molar-refractivity contribution in [2.24, 2.45) is 4.99 Å². The Hall–Kier alpha value is -6.95. The number of aromatic nitrogens is 1. The van der Waals surface area contributed by atoms with Crippen molar-refractivity contribution in [1.29, 1.82) is 0 Å². The van der Waals surface area contributed by atoms with E-state index in [0.717, 1.165) is 28.0 Å². The molecule has 0 spiro atoms. The molecule has 2 unspecified atom stereocenters. The summed E-state index contributed by atoms with van der Waals surface area (Å²) in [7, 11) is 0. The van der Waals surface area contributed by atoms with Gasteiger partial charge in [-0.05, 0) is 81.1 Å². The van der Waals surface area contributed by atoms with Crippen molar-refractivity contribution in [3.05, 3.63) is 217 Å². The van der Waals surface area contributed by atoms with Gasteiger partial charge in [-0.1, -0.05) is 182 Å². The predicted octanol–water partition coefficient (Wildman–Crippen LogP) is 13.5. The normalized spacial score (nSPS) is 12.4. The third kappa shape index (κ3) is 7.22. The first-order valence-corrected chi connectivity index (χ1v) is 18.4. The van der Waals surface area contributed by atoms with Crippen LogP contribution in [0.25, 0.3) is 54.5 Å². The van der Waals surface area contributed by atoms with Gasteiger partial charge >= 0.3 is 0 Å². The zero-order chi connectivity index (χ0) is 36.7. The van der Waals surface area contributed by atoms with E-state index in [1.54, 1.807) is 0 Å². The number of allylic oxidation sites excluding steroid dienone is 1. The van der Waals surface area contributed by atoms with Crippen LogP contribution in [0.5, 0.6) is 0 Å². The lowest BCUT2D eigenvalue weighted by molar-refractivity contribution is 0.933. The number of hydrogen-bond donors (Lipinski definition) is 1.